The number of hydrogen-bond acceptors (Lipinski definition) is 3. The molecule has 0 atom stereocenters. The molecule has 0 bridgehead atoms. The summed E-state index contributed by atoms with van der Waals surface area (Å²) in [5, 5.41) is 9.21. The lowest BCUT2D eigenvalue weighted by Gasteiger charge is -1.88. The molecule has 4 nitrogen and oxygen atoms in total. The lowest BCUT2D eigenvalue weighted by Crippen LogP contribution is -1.87. The number of hydrogen-bond donors (Lipinski definition) is 2. The first-order chi connectivity index (χ1) is 6.79. The highest BCUT2D eigenvalue weighted by molar-refractivity contribution is 5.76. The quantitative estimate of drug-likeness (QED) is 0.719. The lowest BCUT2D eigenvalue weighted by molar-refractivity contribution is -0.107. The zero-order valence-corrected chi connectivity index (χ0v) is 7.53. The fourth-order valence-corrected chi connectivity index (χ4v) is 1.36. The number of phenols is 1. The highest BCUT2D eigenvalue weighted by atomic mass is 16.3. The van der Waals surface area contributed by atoms with Crippen molar-refractivity contribution in [3.63, 3.8) is 0 Å². The highest BCUT2D eigenvalue weighted by Gasteiger charge is 2.02. The Balaban J connectivity index is 2.36. The van der Waals surface area contributed by atoms with Gasteiger partial charge in [0, 0.05) is 18.9 Å². The first-order valence-corrected chi connectivity index (χ1v) is 4.41. The molecule has 1 aromatic heterocycles. The van der Waals surface area contributed by atoms with E-state index in [4.69, 9.17) is 0 Å². The van der Waals surface area contributed by atoms with Crippen molar-refractivity contribution >= 4 is 17.3 Å². The van der Waals surface area contributed by atoms with Gasteiger partial charge in [-0.05, 0) is 12.1 Å². The van der Waals surface area contributed by atoms with Crippen molar-refractivity contribution in [3.05, 3.63) is 24.0 Å². The van der Waals surface area contributed by atoms with E-state index in [9.17, 15) is 9.90 Å². The first kappa shape index (κ1) is 8.74. The molecule has 0 spiro atoms. The number of aryl methyl sites for hydroxylation is 1. The maximum atomic E-state index is 10.2. The molecule has 0 fully saturated rings. The fraction of sp³-hybridized carbons (Fsp3) is 0.200. The summed E-state index contributed by atoms with van der Waals surface area (Å²) in [5.74, 6) is 0.987. The fourth-order valence-electron chi connectivity index (χ4n) is 1.36. The van der Waals surface area contributed by atoms with Crippen molar-refractivity contribution in [1.29, 1.82) is 0 Å². The number of aromatic nitrogens is 2. The van der Waals surface area contributed by atoms with Crippen LogP contribution >= 0.6 is 0 Å². The topological polar surface area (TPSA) is 66.0 Å². The van der Waals surface area contributed by atoms with Crippen molar-refractivity contribution in [2.75, 3.05) is 0 Å². The molecule has 2 aromatic rings. The molecule has 0 aliphatic heterocycles. The molecule has 0 saturated carbocycles. The van der Waals surface area contributed by atoms with Crippen LogP contribution in [0.25, 0.3) is 11.0 Å². The van der Waals surface area contributed by atoms with Crippen LogP contribution in [0.15, 0.2) is 18.2 Å². The summed E-state index contributed by atoms with van der Waals surface area (Å²) in [6, 6.07) is 4.95. The van der Waals surface area contributed by atoms with Gasteiger partial charge < -0.3 is 14.9 Å². The van der Waals surface area contributed by atoms with Crippen molar-refractivity contribution in [3.8, 4) is 5.75 Å². The molecule has 0 aliphatic carbocycles. The number of H-pyrrole nitrogens is 1. The molecule has 4 heteroatoms. The van der Waals surface area contributed by atoms with Crippen LogP contribution in [0.1, 0.15) is 12.2 Å². The summed E-state index contributed by atoms with van der Waals surface area (Å²) >= 11 is 0. The molecule has 0 saturated heterocycles. The second kappa shape index (κ2) is 3.49. The molecule has 0 unspecified atom stereocenters. The molecule has 2 rings (SSSR count). The molecule has 72 valence electrons. The van der Waals surface area contributed by atoms with Crippen LogP contribution < -0.4 is 0 Å². The molecular formula is C10H10N2O2. The van der Waals surface area contributed by atoms with Crippen LogP contribution in [-0.4, -0.2) is 21.4 Å². The molecule has 1 heterocycles. The largest absolute Gasteiger partial charge is 0.508 e. The maximum Gasteiger partial charge on any atom is 0.120 e. The van der Waals surface area contributed by atoms with Gasteiger partial charge in [-0.25, -0.2) is 4.98 Å². The minimum absolute atomic E-state index is 0.211. The van der Waals surface area contributed by atoms with Crippen LogP contribution in [0.2, 0.25) is 0 Å². The predicted octanol–water partition coefficient (Wildman–Crippen LogP) is 1.40. The zero-order chi connectivity index (χ0) is 9.97. The number of aromatic amines is 1. The number of phenolic OH excluding ortho intramolecular Hbond substituents is 1. The van der Waals surface area contributed by atoms with Gasteiger partial charge in [0.15, 0.2) is 0 Å². The number of benzene rings is 1. The average molecular weight is 190 g/mol. The Bertz CT molecular complexity index is 462. The molecular weight excluding hydrogens is 180 g/mol. The molecule has 1 aromatic carbocycles. The summed E-state index contributed by atoms with van der Waals surface area (Å²) in [6.45, 7) is 0. The van der Waals surface area contributed by atoms with Crippen LogP contribution in [0, 0.1) is 0 Å². The predicted molar refractivity (Wildman–Crippen MR) is 52.1 cm³/mol. The number of nitrogens with one attached hydrogen (secondary N) is 1. The van der Waals surface area contributed by atoms with Crippen molar-refractivity contribution < 1.29 is 9.90 Å². The van der Waals surface area contributed by atoms with Gasteiger partial charge in [-0.15, -0.1) is 0 Å². The van der Waals surface area contributed by atoms with Gasteiger partial charge in [-0.1, -0.05) is 0 Å². The molecule has 0 amide bonds. The summed E-state index contributed by atoms with van der Waals surface area (Å²) in [5.41, 5.74) is 1.61. The Kier molecular flexibility index (Phi) is 2.18. The summed E-state index contributed by atoms with van der Waals surface area (Å²) in [6.07, 6.45) is 1.94. The van der Waals surface area contributed by atoms with E-state index in [-0.39, 0.29) is 5.75 Å². The van der Waals surface area contributed by atoms with E-state index in [1.807, 2.05) is 0 Å². The molecule has 0 radical (unpaired) electrons. The Morgan fingerprint density at radius 2 is 2.36 bits per heavy atom. The Morgan fingerprint density at radius 3 is 3.14 bits per heavy atom. The molecule has 0 aliphatic rings. The Morgan fingerprint density at radius 1 is 1.50 bits per heavy atom. The second-order valence-electron chi connectivity index (χ2n) is 3.09. The second-order valence-corrected chi connectivity index (χ2v) is 3.09. The number of nitrogens with zero attached hydrogens (tertiary/aromatic N) is 1. The van der Waals surface area contributed by atoms with Crippen LogP contribution in [0.4, 0.5) is 0 Å². The summed E-state index contributed by atoms with van der Waals surface area (Å²) < 4.78 is 0. The smallest absolute Gasteiger partial charge is 0.120 e. The van der Waals surface area contributed by atoms with Crippen LogP contribution in [0.5, 0.6) is 5.75 Å². The van der Waals surface area contributed by atoms with Gasteiger partial charge in [0.2, 0.25) is 0 Å². The van der Waals surface area contributed by atoms with Gasteiger partial charge >= 0.3 is 0 Å². The zero-order valence-electron chi connectivity index (χ0n) is 7.53. The molecule has 14 heavy (non-hydrogen) atoms. The number of imidazole rings is 1. The number of aromatic hydroxyl groups is 1. The van der Waals surface area contributed by atoms with Crippen LogP contribution in [0.3, 0.4) is 0 Å². The summed E-state index contributed by atoms with van der Waals surface area (Å²) in [4.78, 5) is 17.5. The van der Waals surface area contributed by atoms with E-state index in [0.717, 1.165) is 23.1 Å². The maximum absolute atomic E-state index is 10.2. The Hall–Kier alpha value is -1.84. The van der Waals surface area contributed by atoms with E-state index in [0.29, 0.717) is 12.8 Å². The van der Waals surface area contributed by atoms with Crippen LogP contribution in [-0.2, 0) is 11.2 Å². The average Bonchev–Trinajstić information content (AvgIpc) is 2.56. The Labute approximate surface area is 80.6 Å². The van der Waals surface area contributed by atoms with Gasteiger partial charge in [0.05, 0.1) is 11.0 Å². The van der Waals surface area contributed by atoms with E-state index >= 15 is 0 Å². The standard InChI is InChI=1S/C10H10N2O2/c13-5-1-2-10-11-8-4-3-7(14)6-9(8)12-10/h3-6,14H,1-2H2,(H,11,12). The van der Waals surface area contributed by atoms with Gasteiger partial charge in [0.1, 0.15) is 17.9 Å². The minimum atomic E-state index is 0.211. The van der Waals surface area contributed by atoms with E-state index < -0.39 is 0 Å². The van der Waals surface area contributed by atoms with E-state index in [2.05, 4.69) is 9.97 Å². The van der Waals surface area contributed by atoms with Gasteiger partial charge in [0.25, 0.3) is 0 Å². The normalized spacial score (nSPS) is 10.6. The van der Waals surface area contributed by atoms with E-state index in [1.54, 1.807) is 18.2 Å². The van der Waals surface area contributed by atoms with Crippen molar-refractivity contribution in [2.45, 2.75) is 12.8 Å². The lowest BCUT2D eigenvalue weighted by atomic mass is 10.3. The minimum Gasteiger partial charge on any atom is -0.508 e. The number of carbonyl (C=O) groups is 1. The highest BCUT2D eigenvalue weighted by Crippen LogP contribution is 2.17. The number of aldehydes is 1. The SMILES string of the molecule is O=CCCc1nc2ccc(O)cc2[nH]1. The number of rotatable bonds is 3. The monoisotopic (exact) mass is 190 g/mol. The summed E-state index contributed by atoms with van der Waals surface area (Å²) in [7, 11) is 0. The third-order valence-electron chi connectivity index (χ3n) is 2.01. The van der Waals surface area contributed by atoms with E-state index in [1.165, 1.54) is 0 Å². The van der Waals surface area contributed by atoms with Crippen molar-refractivity contribution in [1.82, 2.24) is 9.97 Å². The number of fused-ring (bicyclic) bond motifs is 1. The first-order valence-electron chi connectivity index (χ1n) is 4.41. The number of carbonyl (C=O) groups excluding carboxylic acids is 1. The third-order valence-corrected chi connectivity index (χ3v) is 2.01. The van der Waals surface area contributed by atoms with Gasteiger partial charge in [-0.3, -0.25) is 0 Å². The third kappa shape index (κ3) is 1.59. The molecule has 2 N–H and O–H groups in total. The van der Waals surface area contributed by atoms with Crippen molar-refractivity contribution in [2.24, 2.45) is 0 Å². The van der Waals surface area contributed by atoms with Gasteiger partial charge in [-0.2, -0.15) is 0 Å².